The Bertz CT molecular complexity index is 1540. The number of hydrogen-bond acceptors (Lipinski definition) is 5. The predicted molar refractivity (Wildman–Crippen MR) is 144 cm³/mol. The van der Waals surface area contributed by atoms with Gasteiger partial charge in [0.1, 0.15) is 23.9 Å². The van der Waals surface area contributed by atoms with Crippen LogP contribution in [0.5, 0.6) is 5.75 Å². The van der Waals surface area contributed by atoms with Gasteiger partial charge in [0.15, 0.2) is 5.82 Å². The smallest absolute Gasteiger partial charge is 0.217 e. The summed E-state index contributed by atoms with van der Waals surface area (Å²) in [6, 6.07) is 14.6. The third-order valence-electron chi connectivity index (χ3n) is 5.01. The monoisotopic (exact) mass is 598 g/mol. The van der Waals surface area contributed by atoms with Crippen LogP contribution in [0.2, 0.25) is 25.1 Å². The van der Waals surface area contributed by atoms with Crippen LogP contribution in [0.25, 0.3) is 6.08 Å². The molecule has 182 valence electrons. The van der Waals surface area contributed by atoms with Crippen molar-refractivity contribution in [3.8, 4) is 5.75 Å². The molecule has 0 atom stereocenters. The van der Waals surface area contributed by atoms with E-state index in [0.717, 1.165) is 0 Å². The molecule has 0 amide bonds. The molecule has 1 aliphatic rings. The van der Waals surface area contributed by atoms with E-state index in [-0.39, 0.29) is 16.7 Å². The topological polar surface area (TPSA) is 52.3 Å². The van der Waals surface area contributed by atoms with E-state index in [0.29, 0.717) is 53.5 Å². The number of aromatic nitrogens is 3. The Balaban J connectivity index is 1.58. The fraction of sp³-hybridized carbons (Fsp3) is 0.0417. The first kappa shape index (κ1) is 25.4. The van der Waals surface area contributed by atoms with E-state index in [4.69, 9.17) is 67.8 Å². The highest BCUT2D eigenvalue weighted by Crippen LogP contribution is 2.38. The molecular weight excluding hydrogens is 589 g/mol. The van der Waals surface area contributed by atoms with Crippen LogP contribution in [-0.4, -0.2) is 20.6 Å². The minimum absolute atomic E-state index is 0.0801. The van der Waals surface area contributed by atoms with Gasteiger partial charge in [0.2, 0.25) is 5.16 Å². The lowest BCUT2D eigenvalue weighted by Crippen LogP contribution is -2.15. The molecule has 0 saturated carbocycles. The van der Waals surface area contributed by atoms with Crippen molar-refractivity contribution >= 4 is 81.6 Å². The summed E-state index contributed by atoms with van der Waals surface area (Å²) < 4.78 is 21.8. The lowest BCUT2D eigenvalue weighted by Gasteiger charge is -2.18. The standard InChI is InChI=1S/C24H12Cl5FN4OS/c25-13-3-5-15(6-4-13)35-11-22-31-32-24-34(22)33-23(16-9-20(30)19(29)10-18(16)28)21(36-24)7-12-1-2-14(26)8-17(12)27/h1-10H,11H2/b21-7-. The van der Waals surface area contributed by atoms with E-state index < -0.39 is 5.82 Å². The van der Waals surface area contributed by atoms with Gasteiger partial charge in [-0.1, -0.05) is 64.1 Å². The van der Waals surface area contributed by atoms with Gasteiger partial charge in [-0.25, -0.2) is 4.39 Å². The number of benzene rings is 3. The second kappa shape index (κ2) is 10.6. The SMILES string of the molecule is Fc1cc(C2=Nn3c(COc4ccc(Cl)cc4)nnc3S/C2=C\c2ccc(Cl)cc2Cl)c(Cl)cc1Cl. The summed E-state index contributed by atoms with van der Waals surface area (Å²) in [4.78, 5) is 0.618. The van der Waals surface area contributed by atoms with Crippen LogP contribution in [0.3, 0.4) is 0 Å². The van der Waals surface area contributed by atoms with Gasteiger partial charge < -0.3 is 4.74 Å². The maximum Gasteiger partial charge on any atom is 0.217 e. The largest absolute Gasteiger partial charge is 0.486 e. The fourth-order valence-electron chi connectivity index (χ4n) is 3.27. The van der Waals surface area contributed by atoms with Crippen molar-refractivity contribution in [3.05, 3.63) is 107 Å². The van der Waals surface area contributed by atoms with Crippen LogP contribution in [0.1, 0.15) is 17.0 Å². The summed E-state index contributed by atoms with van der Waals surface area (Å²) in [5.74, 6) is 0.401. The molecule has 0 N–H and O–H groups in total. The lowest BCUT2D eigenvalue weighted by molar-refractivity contribution is 0.290. The van der Waals surface area contributed by atoms with Crippen LogP contribution in [0.15, 0.2) is 69.8 Å². The summed E-state index contributed by atoms with van der Waals surface area (Å²) in [5.41, 5.74) is 1.40. The number of halogens is 6. The van der Waals surface area contributed by atoms with Crippen molar-refractivity contribution in [3.63, 3.8) is 0 Å². The Morgan fingerprint density at radius 1 is 0.861 bits per heavy atom. The van der Waals surface area contributed by atoms with E-state index in [2.05, 4.69) is 10.2 Å². The Labute approximate surface area is 234 Å². The average molecular weight is 601 g/mol. The Morgan fingerprint density at radius 2 is 1.61 bits per heavy atom. The molecule has 5 rings (SSSR count). The highest BCUT2D eigenvalue weighted by Gasteiger charge is 2.27. The van der Waals surface area contributed by atoms with Crippen molar-refractivity contribution < 1.29 is 9.13 Å². The number of hydrogen-bond donors (Lipinski definition) is 0. The van der Waals surface area contributed by atoms with Crippen LogP contribution >= 0.6 is 69.8 Å². The molecule has 3 aromatic carbocycles. The molecule has 0 saturated heterocycles. The molecule has 2 heterocycles. The molecular formula is C24H12Cl5FN4OS. The maximum atomic E-state index is 14.5. The van der Waals surface area contributed by atoms with E-state index in [9.17, 15) is 4.39 Å². The molecule has 0 bridgehead atoms. The number of thioether (sulfide) groups is 1. The van der Waals surface area contributed by atoms with Crippen LogP contribution < -0.4 is 4.74 Å². The Morgan fingerprint density at radius 3 is 2.36 bits per heavy atom. The van der Waals surface area contributed by atoms with Gasteiger partial charge >= 0.3 is 0 Å². The summed E-state index contributed by atoms with van der Waals surface area (Å²) in [5, 5.41) is 15.3. The molecule has 0 aliphatic carbocycles. The van der Waals surface area contributed by atoms with Crippen molar-refractivity contribution in [1.29, 1.82) is 0 Å². The quantitative estimate of drug-likeness (QED) is 0.215. The minimum atomic E-state index is -0.631. The summed E-state index contributed by atoms with van der Waals surface area (Å²) >= 11 is 32.0. The van der Waals surface area contributed by atoms with Gasteiger partial charge in [-0.3, -0.25) is 0 Å². The van der Waals surface area contributed by atoms with Gasteiger partial charge in [0.05, 0.1) is 10.0 Å². The first-order valence-electron chi connectivity index (χ1n) is 10.2. The molecule has 5 nitrogen and oxygen atoms in total. The number of rotatable bonds is 5. The average Bonchev–Trinajstić information content (AvgIpc) is 3.24. The zero-order valence-corrected chi connectivity index (χ0v) is 22.4. The van der Waals surface area contributed by atoms with Crippen molar-refractivity contribution in [2.75, 3.05) is 0 Å². The number of ether oxygens (including phenoxy) is 1. The summed E-state index contributed by atoms with van der Waals surface area (Å²) in [6.07, 6.45) is 1.80. The van der Waals surface area contributed by atoms with Gasteiger partial charge in [-0.2, -0.15) is 9.78 Å². The van der Waals surface area contributed by atoms with Crippen LogP contribution in [0, 0.1) is 5.82 Å². The molecule has 36 heavy (non-hydrogen) atoms. The number of fused-ring (bicyclic) bond motifs is 1. The van der Waals surface area contributed by atoms with Crippen LogP contribution in [0.4, 0.5) is 4.39 Å². The molecule has 0 unspecified atom stereocenters. The highest BCUT2D eigenvalue weighted by molar-refractivity contribution is 8.04. The zero-order valence-electron chi connectivity index (χ0n) is 17.9. The summed E-state index contributed by atoms with van der Waals surface area (Å²) in [6.45, 7) is 0.0801. The predicted octanol–water partition coefficient (Wildman–Crippen LogP) is 8.66. The van der Waals surface area contributed by atoms with Gasteiger partial charge in [-0.15, -0.1) is 10.2 Å². The summed E-state index contributed by atoms with van der Waals surface area (Å²) in [7, 11) is 0. The molecule has 1 aromatic heterocycles. The molecule has 1 aliphatic heterocycles. The zero-order chi connectivity index (χ0) is 25.4. The van der Waals surface area contributed by atoms with E-state index in [1.165, 1.54) is 28.6 Å². The molecule has 0 spiro atoms. The Kier molecular flexibility index (Phi) is 7.49. The lowest BCUT2D eigenvalue weighted by atomic mass is 10.1. The van der Waals surface area contributed by atoms with Crippen molar-refractivity contribution in [2.24, 2.45) is 5.10 Å². The van der Waals surface area contributed by atoms with Gasteiger partial charge in [-0.05, 0) is 71.9 Å². The third-order valence-corrected chi connectivity index (χ3v) is 7.39. The maximum absolute atomic E-state index is 14.5. The van der Waals surface area contributed by atoms with Gasteiger partial charge in [0, 0.05) is 25.5 Å². The van der Waals surface area contributed by atoms with Gasteiger partial charge in [0.25, 0.3) is 0 Å². The van der Waals surface area contributed by atoms with Crippen molar-refractivity contribution in [2.45, 2.75) is 11.8 Å². The third kappa shape index (κ3) is 5.37. The fourth-order valence-corrected chi connectivity index (χ4v) is 5.28. The van der Waals surface area contributed by atoms with E-state index >= 15 is 0 Å². The molecule has 12 heteroatoms. The minimum Gasteiger partial charge on any atom is -0.486 e. The number of allylic oxidation sites excluding steroid dienone is 1. The molecule has 0 radical (unpaired) electrons. The normalized spacial score (nSPS) is 14.1. The van der Waals surface area contributed by atoms with E-state index in [1.54, 1.807) is 48.5 Å². The molecule has 4 aromatic rings. The molecule has 0 fully saturated rings. The highest BCUT2D eigenvalue weighted by atomic mass is 35.5. The number of nitrogens with zero attached hydrogens (tertiary/aromatic N) is 4. The first-order valence-corrected chi connectivity index (χ1v) is 12.9. The first-order chi connectivity index (χ1) is 17.3. The second-order valence-electron chi connectivity index (χ2n) is 7.42. The Hall–Kier alpha value is -2.26. The van der Waals surface area contributed by atoms with Crippen molar-refractivity contribution in [1.82, 2.24) is 14.9 Å². The van der Waals surface area contributed by atoms with Crippen LogP contribution in [-0.2, 0) is 6.61 Å². The van der Waals surface area contributed by atoms with E-state index in [1.807, 2.05) is 0 Å². The second-order valence-corrected chi connectivity index (χ2v) is 10.5.